The van der Waals surface area contributed by atoms with E-state index in [1.54, 1.807) is 0 Å². The average Bonchev–Trinajstić information content (AvgIpc) is 2.76. The maximum absolute atomic E-state index is 12.3. The van der Waals surface area contributed by atoms with Gasteiger partial charge in [0.05, 0.1) is 6.10 Å². The highest BCUT2D eigenvalue weighted by atomic mass is 19.4. The fourth-order valence-corrected chi connectivity index (χ4v) is 3.41. The quantitative estimate of drug-likeness (QED) is 0.843. The Morgan fingerprint density at radius 1 is 1.16 bits per heavy atom. The van der Waals surface area contributed by atoms with Crippen LogP contribution in [0.4, 0.5) is 13.2 Å². The molecular weight excluding hydrogens is 259 g/mol. The number of aliphatic hydroxyl groups excluding tert-OH is 1. The van der Waals surface area contributed by atoms with Crippen LogP contribution in [0.1, 0.15) is 44.9 Å². The first-order valence-electron chi connectivity index (χ1n) is 6.93. The number of amides is 1. The van der Waals surface area contributed by atoms with E-state index in [0.717, 1.165) is 25.7 Å². The van der Waals surface area contributed by atoms with Gasteiger partial charge in [0.25, 0.3) is 0 Å². The van der Waals surface area contributed by atoms with Crippen molar-refractivity contribution in [1.82, 2.24) is 4.90 Å². The number of halogens is 3. The Bertz CT molecular complexity index is 332. The molecule has 1 aliphatic heterocycles. The van der Waals surface area contributed by atoms with Crippen molar-refractivity contribution in [3.05, 3.63) is 0 Å². The van der Waals surface area contributed by atoms with Gasteiger partial charge >= 0.3 is 6.18 Å². The van der Waals surface area contributed by atoms with E-state index in [0.29, 0.717) is 19.4 Å². The summed E-state index contributed by atoms with van der Waals surface area (Å²) in [6.45, 7) is 0.392. The van der Waals surface area contributed by atoms with Gasteiger partial charge in [-0.3, -0.25) is 4.79 Å². The van der Waals surface area contributed by atoms with Gasteiger partial charge in [-0.2, -0.15) is 13.2 Å². The Morgan fingerprint density at radius 3 is 2.47 bits per heavy atom. The van der Waals surface area contributed by atoms with Crippen molar-refractivity contribution in [3.63, 3.8) is 0 Å². The summed E-state index contributed by atoms with van der Waals surface area (Å²) in [4.78, 5) is 13.1. The van der Waals surface area contributed by atoms with Crippen molar-refractivity contribution in [2.45, 2.75) is 63.3 Å². The van der Waals surface area contributed by atoms with E-state index in [-0.39, 0.29) is 12.0 Å². The van der Waals surface area contributed by atoms with Crippen molar-refractivity contribution in [2.24, 2.45) is 5.92 Å². The molecule has 0 radical (unpaired) electrons. The van der Waals surface area contributed by atoms with Crippen LogP contribution >= 0.6 is 0 Å². The lowest BCUT2D eigenvalue weighted by molar-refractivity contribution is -0.163. The van der Waals surface area contributed by atoms with Crippen LogP contribution in [-0.4, -0.2) is 40.8 Å². The summed E-state index contributed by atoms with van der Waals surface area (Å²) in [6, 6.07) is -0.204. The van der Waals surface area contributed by atoms with Gasteiger partial charge in [-0.05, 0) is 25.7 Å². The zero-order chi connectivity index (χ0) is 14.0. The number of rotatable bonds is 2. The molecule has 0 aromatic rings. The summed E-state index contributed by atoms with van der Waals surface area (Å²) >= 11 is 0. The molecule has 1 heterocycles. The lowest BCUT2D eigenvalue weighted by Crippen LogP contribution is -2.46. The molecule has 110 valence electrons. The second-order valence-electron chi connectivity index (χ2n) is 5.60. The van der Waals surface area contributed by atoms with E-state index in [1.165, 1.54) is 4.90 Å². The number of alkyl halides is 3. The Balaban J connectivity index is 2.01. The Labute approximate surface area is 110 Å². The molecule has 3 atom stereocenters. The molecule has 0 aromatic carbocycles. The second-order valence-corrected chi connectivity index (χ2v) is 5.60. The first-order chi connectivity index (χ1) is 8.88. The Hall–Kier alpha value is -0.780. The molecule has 3 unspecified atom stereocenters. The van der Waals surface area contributed by atoms with Gasteiger partial charge in [0.15, 0.2) is 0 Å². The third-order valence-electron chi connectivity index (χ3n) is 4.25. The van der Waals surface area contributed by atoms with E-state index >= 15 is 0 Å². The molecule has 1 saturated heterocycles. The van der Waals surface area contributed by atoms with Crippen LogP contribution in [0.3, 0.4) is 0 Å². The predicted molar refractivity (Wildman–Crippen MR) is 63.4 cm³/mol. The average molecular weight is 279 g/mol. The van der Waals surface area contributed by atoms with Gasteiger partial charge in [0.1, 0.15) is 6.42 Å². The van der Waals surface area contributed by atoms with Crippen molar-refractivity contribution in [1.29, 1.82) is 0 Å². The number of aliphatic hydroxyl groups is 1. The SMILES string of the molecule is O=C(CC(F)(F)F)N1CCCC1C1CCCCC1O. The molecule has 1 amide bonds. The van der Waals surface area contributed by atoms with Crippen LogP contribution in [-0.2, 0) is 4.79 Å². The van der Waals surface area contributed by atoms with Crippen molar-refractivity contribution in [3.8, 4) is 0 Å². The summed E-state index contributed by atoms with van der Waals surface area (Å²) in [7, 11) is 0. The first kappa shape index (κ1) is 14.6. The Kier molecular flexibility index (Phi) is 4.38. The molecule has 2 aliphatic rings. The molecule has 0 aromatic heterocycles. The minimum atomic E-state index is -4.45. The largest absolute Gasteiger partial charge is 0.397 e. The first-order valence-corrected chi connectivity index (χ1v) is 6.93. The smallest absolute Gasteiger partial charge is 0.393 e. The van der Waals surface area contributed by atoms with Crippen molar-refractivity contribution < 1.29 is 23.1 Å². The maximum Gasteiger partial charge on any atom is 0.397 e. The van der Waals surface area contributed by atoms with E-state index < -0.39 is 24.6 Å². The predicted octanol–water partition coefficient (Wildman–Crippen LogP) is 2.48. The number of nitrogens with zero attached hydrogens (tertiary/aromatic N) is 1. The van der Waals surface area contributed by atoms with Crippen LogP contribution in [0.5, 0.6) is 0 Å². The highest BCUT2D eigenvalue weighted by Gasteiger charge is 2.42. The van der Waals surface area contributed by atoms with Gasteiger partial charge in [-0.1, -0.05) is 12.8 Å². The standard InChI is InChI=1S/C13H20F3NO2/c14-13(15,16)8-12(19)17-7-3-5-10(17)9-4-1-2-6-11(9)18/h9-11,18H,1-8H2. The summed E-state index contributed by atoms with van der Waals surface area (Å²) < 4.78 is 36.9. The normalized spacial score (nSPS) is 32.6. The topological polar surface area (TPSA) is 40.5 Å². The third-order valence-corrected chi connectivity index (χ3v) is 4.25. The molecular formula is C13H20F3NO2. The number of hydrogen-bond donors (Lipinski definition) is 1. The molecule has 0 spiro atoms. The molecule has 1 aliphatic carbocycles. The van der Waals surface area contributed by atoms with Crippen LogP contribution in [0.2, 0.25) is 0 Å². The Morgan fingerprint density at radius 2 is 1.84 bits per heavy atom. The van der Waals surface area contributed by atoms with Crippen molar-refractivity contribution >= 4 is 5.91 Å². The zero-order valence-electron chi connectivity index (χ0n) is 10.8. The van der Waals surface area contributed by atoms with Gasteiger partial charge in [-0.25, -0.2) is 0 Å². The van der Waals surface area contributed by atoms with Crippen LogP contribution < -0.4 is 0 Å². The van der Waals surface area contributed by atoms with E-state index in [9.17, 15) is 23.1 Å². The summed E-state index contributed by atoms with van der Waals surface area (Å²) in [5.41, 5.74) is 0. The molecule has 2 fully saturated rings. The monoisotopic (exact) mass is 279 g/mol. The molecule has 2 rings (SSSR count). The summed E-state index contributed by atoms with van der Waals surface area (Å²) in [5.74, 6) is -0.888. The van der Waals surface area contributed by atoms with Crippen LogP contribution in [0, 0.1) is 5.92 Å². The lowest BCUT2D eigenvalue weighted by atomic mass is 9.80. The van der Waals surface area contributed by atoms with E-state index in [2.05, 4.69) is 0 Å². The number of likely N-dealkylation sites (tertiary alicyclic amines) is 1. The van der Waals surface area contributed by atoms with E-state index in [1.807, 2.05) is 0 Å². The highest BCUT2D eigenvalue weighted by Crippen LogP contribution is 2.35. The van der Waals surface area contributed by atoms with E-state index in [4.69, 9.17) is 0 Å². The fraction of sp³-hybridized carbons (Fsp3) is 0.923. The molecule has 0 bridgehead atoms. The summed E-state index contributed by atoms with van der Waals surface area (Å²) in [6.07, 6.45) is -1.41. The zero-order valence-corrected chi connectivity index (χ0v) is 10.8. The van der Waals surface area contributed by atoms with Gasteiger partial charge in [-0.15, -0.1) is 0 Å². The van der Waals surface area contributed by atoms with Crippen molar-refractivity contribution in [2.75, 3.05) is 6.54 Å². The summed E-state index contributed by atoms with van der Waals surface area (Å²) in [5, 5.41) is 10.0. The molecule has 19 heavy (non-hydrogen) atoms. The van der Waals surface area contributed by atoms with Gasteiger partial charge < -0.3 is 10.0 Å². The molecule has 1 N–H and O–H groups in total. The second kappa shape index (κ2) is 5.69. The molecule has 6 heteroatoms. The van der Waals surface area contributed by atoms with Gasteiger partial charge in [0.2, 0.25) is 5.91 Å². The molecule has 1 saturated carbocycles. The lowest BCUT2D eigenvalue weighted by Gasteiger charge is -2.37. The molecule has 3 nitrogen and oxygen atoms in total. The minimum absolute atomic E-state index is 0.0477. The number of carbonyl (C=O) groups is 1. The number of hydrogen-bond acceptors (Lipinski definition) is 2. The third kappa shape index (κ3) is 3.61. The minimum Gasteiger partial charge on any atom is -0.393 e. The van der Waals surface area contributed by atoms with Crippen LogP contribution in [0.25, 0.3) is 0 Å². The fourth-order valence-electron chi connectivity index (χ4n) is 3.41. The van der Waals surface area contributed by atoms with Gasteiger partial charge in [0, 0.05) is 18.5 Å². The van der Waals surface area contributed by atoms with Crippen LogP contribution in [0.15, 0.2) is 0 Å². The maximum atomic E-state index is 12.3. The number of carbonyl (C=O) groups excluding carboxylic acids is 1. The highest BCUT2D eigenvalue weighted by molar-refractivity contribution is 5.77.